The highest BCUT2D eigenvalue weighted by Crippen LogP contribution is 2.25. The molecule has 0 aliphatic heterocycles. The van der Waals surface area contributed by atoms with Crippen LogP contribution < -0.4 is 5.32 Å². The van der Waals surface area contributed by atoms with E-state index in [0.29, 0.717) is 12.6 Å². The van der Waals surface area contributed by atoms with E-state index >= 15 is 0 Å². The molecule has 2 aromatic heterocycles. The van der Waals surface area contributed by atoms with Gasteiger partial charge in [0.15, 0.2) is 0 Å². The lowest BCUT2D eigenvalue weighted by Crippen LogP contribution is -2.23. The monoisotopic (exact) mass is 245 g/mol. The van der Waals surface area contributed by atoms with Crippen molar-refractivity contribution < 1.29 is 0 Å². The summed E-state index contributed by atoms with van der Waals surface area (Å²) in [4.78, 5) is 5.61. The third kappa shape index (κ3) is 2.76. The molecule has 0 amide bonds. The minimum atomic E-state index is 0.336. The predicted molar refractivity (Wildman–Crippen MR) is 72.0 cm³/mol. The van der Waals surface area contributed by atoms with Crippen molar-refractivity contribution in [1.29, 1.82) is 0 Å². The highest BCUT2D eigenvalue weighted by molar-refractivity contribution is 7.13. The normalized spacial score (nSPS) is 12.2. The fourth-order valence-corrected chi connectivity index (χ4v) is 2.44. The largest absolute Gasteiger partial charge is 0.326 e. The average molecular weight is 245 g/mol. The Morgan fingerprint density at radius 3 is 3.24 bits per heavy atom. The van der Waals surface area contributed by atoms with Crippen LogP contribution in [0.1, 0.15) is 13.0 Å². The molecule has 0 aromatic carbocycles. The maximum Gasteiger partial charge on any atom is 0.150 e. The molecule has 1 atom stereocenters. The van der Waals surface area contributed by atoms with Crippen LogP contribution in [0.15, 0.2) is 29.9 Å². The van der Waals surface area contributed by atoms with E-state index in [1.54, 1.807) is 11.3 Å². The molecule has 2 rings (SSSR count). The van der Waals surface area contributed by atoms with Crippen molar-refractivity contribution in [3.8, 4) is 23.0 Å². The van der Waals surface area contributed by atoms with Crippen LogP contribution in [0.3, 0.4) is 0 Å². The second-order valence-corrected chi connectivity index (χ2v) is 4.77. The first-order valence-corrected chi connectivity index (χ1v) is 6.41. The average Bonchev–Trinajstić information content (AvgIpc) is 2.99. The fraction of sp³-hybridized carbons (Fsp3) is 0.308. The maximum absolute atomic E-state index is 5.21. The Hall–Kier alpha value is -1.57. The van der Waals surface area contributed by atoms with Crippen LogP contribution in [0.2, 0.25) is 0 Å². The van der Waals surface area contributed by atoms with Gasteiger partial charge < -0.3 is 9.88 Å². The molecule has 0 saturated heterocycles. The molecule has 0 aliphatic rings. The Morgan fingerprint density at radius 2 is 2.53 bits per heavy atom. The smallest absolute Gasteiger partial charge is 0.150 e. The van der Waals surface area contributed by atoms with Gasteiger partial charge in [0, 0.05) is 25.0 Å². The standard InChI is InChI=1S/C13H15N3S/c1-3-6-14-10-11(2)16-8-7-15-13(16)12-5-4-9-17-12/h1,4-5,7-9,11,14H,6,10H2,2H3. The highest BCUT2D eigenvalue weighted by Gasteiger charge is 2.11. The van der Waals surface area contributed by atoms with Crippen LogP contribution in [-0.2, 0) is 0 Å². The summed E-state index contributed by atoms with van der Waals surface area (Å²) >= 11 is 1.70. The molecule has 2 aromatic rings. The zero-order valence-corrected chi connectivity index (χ0v) is 10.6. The Labute approximate surface area is 106 Å². The molecule has 3 nitrogen and oxygen atoms in total. The molecule has 0 fully saturated rings. The molecular weight excluding hydrogens is 230 g/mol. The number of terminal acetylenes is 1. The van der Waals surface area contributed by atoms with Gasteiger partial charge in [-0.2, -0.15) is 0 Å². The number of rotatable bonds is 5. The summed E-state index contributed by atoms with van der Waals surface area (Å²) in [7, 11) is 0. The Kier molecular flexibility index (Phi) is 3.97. The molecule has 0 saturated carbocycles. The van der Waals surface area contributed by atoms with Gasteiger partial charge >= 0.3 is 0 Å². The number of hydrogen-bond donors (Lipinski definition) is 1. The van der Waals surface area contributed by atoms with Gasteiger partial charge in [-0.1, -0.05) is 12.0 Å². The lowest BCUT2D eigenvalue weighted by atomic mass is 10.3. The van der Waals surface area contributed by atoms with Crippen molar-refractivity contribution in [2.24, 2.45) is 0 Å². The summed E-state index contributed by atoms with van der Waals surface area (Å²) in [5.41, 5.74) is 0. The molecule has 0 spiro atoms. The van der Waals surface area contributed by atoms with Crippen molar-refractivity contribution in [3.63, 3.8) is 0 Å². The summed E-state index contributed by atoms with van der Waals surface area (Å²) in [6, 6.07) is 4.47. The molecule has 2 heterocycles. The van der Waals surface area contributed by atoms with Gasteiger partial charge in [-0.05, 0) is 18.4 Å². The fourth-order valence-electron chi connectivity index (χ4n) is 1.72. The minimum Gasteiger partial charge on any atom is -0.326 e. The lowest BCUT2D eigenvalue weighted by molar-refractivity contribution is 0.514. The molecule has 0 bridgehead atoms. The number of imidazole rings is 1. The Balaban J connectivity index is 2.11. The number of nitrogens with one attached hydrogen (secondary N) is 1. The Bertz CT molecular complexity index is 493. The molecule has 88 valence electrons. The zero-order chi connectivity index (χ0) is 12.1. The van der Waals surface area contributed by atoms with Crippen LogP contribution in [0.25, 0.3) is 10.7 Å². The van der Waals surface area contributed by atoms with Crippen LogP contribution in [-0.4, -0.2) is 22.6 Å². The van der Waals surface area contributed by atoms with Crippen LogP contribution in [0, 0.1) is 12.3 Å². The lowest BCUT2D eigenvalue weighted by Gasteiger charge is -2.15. The zero-order valence-electron chi connectivity index (χ0n) is 9.76. The maximum atomic E-state index is 5.21. The van der Waals surface area contributed by atoms with E-state index in [1.807, 2.05) is 18.5 Å². The van der Waals surface area contributed by atoms with E-state index in [1.165, 1.54) is 4.88 Å². The molecule has 1 unspecified atom stereocenters. The van der Waals surface area contributed by atoms with Crippen molar-refractivity contribution in [3.05, 3.63) is 29.9 Å². The summed E-state index contributed by atoms with van der Waals surface area (Å²) < 4.78 is 2.18. The first kappa shape index (κ1) is 11.9. The summed E-state index contributed by atoms with van der Waals surface area (Å²) in [5.74, 6) is 3.60. The number of nitrogens with zero attached hydrogens (tertiary/aromatic N) is 2. The molecule has 0 radical (unpaired) electrons. The topological polar surface area (TPSA) is 29.9 Å². The first-order valence-electron chi connectivity index (χ1n) is 5.54. The Morgan fingerprint density at radius 1 is 1.65 bits per heavy atom. The van der Waals surface area contributed by atoms with Crippen LogP contribution in [0.4, 0.5) is 0 Å². The summed E-state index contributed by atoms with van der Waals surface area (Å²) in [5, 5.41) is 5.28. The third-order valence-electron chi connectivity index (χ3n) is 2.55. The molecule has 17 heavy (non-hydrogen) atoms. The van der Waals surface area contributed by atoms with Crippen LogP contribution in [0.5, 0.6) is 0 Å². The van der Waals surface area contributed by atoms with E-state index in [9.17, 15) is 0 Å². The van der Waals surface area contributed by atoms with Crippen molar-refractivity contribution in [2.45, 2.75) is 13.0 Å². The molecule has 0 aliphatic carbocycles. The molecule has 1 N–H and O–H groups in total. The van der Waals surface area contributed by atoms with Gasteiger partial charge in [0.25, 0.3) is 0 Å². The predicted octanol–water partition coefficient (Wildman–Crippen LogP) is 2.40. The van der Waals surface area contributed by atoms with E-state index in [0.717, 1.165) is 12.4 Å². The van der Waals surface area contributed by atoms with Gasteiger partial charge in [0.1, 0.15) is 5.82 Å². The second-order valence-electron chi connectivity index (χ2n) is 3.82. The number of thiophene rings is 1. The van der Waals surface area contributed by atoms with Crippen LogP contribution >= 0.6 is 11.3 Å². The van der Waals surface area contributed by atoms with E-state index < -0.39 is 0 Å². The van der Waals surface area contributed by atoms with Gasteiger partial charge in [-0.15, -0.1) is 17.8 Å². The quantitative estimate of drug-likeness (QED) is 0.647. The SMILES string of the molecule is C#CCNCC(C)n1ccnc1-c1cccs1. The molecular formula is C13H15N3S. The summed E-state index contributed by atoms with van der Waals surface area (Å²) in [6.45, 7) is 3.61. The minimum absolute atomic E-state index is 0.336. The van der Waals surface area contributed by atoms with Crippen molar-refractivity contribution in [1.82, 2.24) is 14.9 Å². The van der Waals surface area contributed by atoms with Gasteiger partial charge in [0.2, 0.25) is 0 Å². The number of aromatic nitrogens is 2. The third-order valence-corrected chi connectivity index (χ3v) is 3.42. The highest BCUT2D eigenvalue weighted by atomic mass is 32.1. The molecule has 4 heteroatoms. The van der Waals surface area contributed by atoms with Gasteiger partial charge in [-0.3, -0.25) is 0 Å². The number of hydrogen-bond acceptors (Lipinski definition) is 3. The van der Waals surface area contributed by atoms with Gasteiger partial charge in [0.05, 0.1) is 11.4 Å². The van der Waals surface area contributed by atoms with E-state index in [2.05, 4.69) is 39.2 Å². The van der Waals surface area contributed by atoms with Crippen molar-refractivity contribution >= 4 is 11.3 Å². The van der Waals surface area contributed by atoms with E-state index in [4.69, 9.17) is 6.42 Å². The van der Waals surface area contributed by atoms with Gasteiger partial charge in [-0.25, -0.2) is 4.98 Å². The van der Waals surface area contributed by atoms with Crippen molar-refractivity contribution in [2.75, 3.05) is 13.1 Å². The van der Waals surface area contributed by atoms with E-state index in [-0.39, 0.29) is 0 Å². The second kappa shape index (κ2) is 5.67. The summed E-state index contributed by atoms with van der Waals surface area (Å²) in [6.07, 6.45) is 9.06. The first-order chi connectivity index (χ1) is 8.33.